The molecule has 1 aliphatic heterocycles. The SMILES string of the molecule is CCC(=C1CCN(C(=O)OC(C)(C)C)CC1)c1noc(-c2cccc(Cl)c2)n1. The molecule has 1 aliphatic rings. The Balaban J connectivity index is 1.74. The van der Waals surface area contributed by atoms with Gasteiger partial charge in [0.2, 0.25) is 0 Å². The number of nitrogens with zero attached hydrogens (tertiary/aromatic N) is 3. The van der Waals surface area contributed by atoms with Gasteiger partial charge in [-0.05, 0) is 63.8 Å². The van der Waals surface area contributed by atoms with E-state index in [1.54, 1.807) is 17.0 Å². The van der Waals surface area contributed by atoms with Gasteiger partial charge in [0.25, 0.3) is 5.89 Å². The number of ether oxygens (including phenoxy) is 1. The maximum absolute atomic E-state index is 12.3. The summed E-state index contributed by atoms with van der Waals surface area (Å²) in [6.45, 7) is 8.98. The first-order valence-corrected chi connectivity index (χ1v) is 9.93. The Morgan fingerprint density at radius 2 is 2.00 bits per heavy atom. The Kier molecular flexibility index (Phi) is 6.08. The molecule has 3 rings (SSSR count). The Hall–Kier alpha value is -2.34. The number of carbonyl (C=O) groups is 1. The summed E-state index contributed by atoms with van der Waals surface area (Å²) in [5.41, 5.74) is 2.66. The highest BCUT2D eigenvalue weighted by Crippen LogP contribution is 2.30. The molecule has 0 unspecified atom stereocenters. The third kappa shape index (κ3) is 4.93. The fourth-order valence-corrected chi connectivity index (χ4v) is 3.43. The molecule has 0 bridgehead atoms. The van der Waals surface area contributed by atoms with E-state index in [1.807, 2.05) is 32.9 Å². The lowest BCUT2D eigenvalue weighted by Crippen LogP contribution is -2.40. The van der Waals surface area contributed by atoms with Gasteiger partial charge in [0.1, 0.15) is 5.60 Å². The van der Waals surface area contributed by atoms with Gasteiger partial charge in [0.05, 0.1) is 0 Å². The van der Waals surface area contributed by atoms with E-state index in [2.05, 4.69) is 17.1 Å². The summed E-state index contributed by atoms with van der Waals surface area (Å²) >= 11 is 6.05. The Morgan fingerprint density at radius 3 is 2.61 bits per heavy atom. The van der Waals surface area contributed by atoms with Gasteiger partial charge in [-0.2, -0.15) is 4.98 Å². The second kappa shape index (κ2) is 8.35. The minimum atomic E-state index is -0.483. The molecule has 0 radical (unpaired) electrons. The molecule has 2 aromatic rings. The van der Waals surface area contributed by atoms with Crippen LogP contribution in [-0.2, 0) is 4.74 Å². The van der Waals surface area contributed by atoms with Gasteiger partial charge in [0, 0.05) is 23.7 Å². The van der Waals surface area contributed by atoms with Crippen LogP contribution in [0, 0.1) is 0 Å². The van der Waals surface area contributed by atoms with Crippen LogP contribution >= 0.6 is 11.6 Å². The highest BCUT2D eigenvalue weighted by molar-refractivity contribution is 6.30. The van der Waals surface area contributed by atoms with Crippen LogP contribution in [0.25, 0.3) is 17.0 Å². The van der Waals surface area contributed by atoms with Gasteiger partial charge in [-0.25, -0.2) is 4.79 Å². The minimum absolute atomic E-state index is 0.257. The summed E-state index contributed by atoms with van der Waals surface area (Å²) in [5, 5.41) is 4.80. The molecule has 1 aromatic carbocycles. The topological polar surface area (TPSA) is 68.5 Å². The van der Waals surface area contributed by atoms with Crippen molar-refractivity contribution in [3.05, 3.63) is 40.7 Å². The van der Waals surface area contributed by atoms with E-state index >= 15 is 0 Å². The smallest absolute Gasteiger partial charge is 0.410 e. The van der Waals surface area contributed by atoms with Crippen LogP contribution in [0.15, 0.2) is 34.4 Å². The predicted octanol–water partition coefficient (Wildman–Crippen LogP) is 5.58. The summed E-state index contributed by atoms with van der Waals surface area (Å²) in [5.74, 6) is 1.06. The fourth-order valence-electron chi connectivity index (χ4n) is 3.24. The third-order valence-corrected chi connectivity index (χ3v) is 4.80. The zero-order valence-electron chi connectivity index (χ0n) is 16.8. The molecule has 1 fully saturated rings. The average molecular weight is 404 g/mol. The molecule has 6 nitrogen and oxygen atoms in total. The monoisotopic (exact) mass is 403 g/mol. The summed E-state index contributed by atoms with van der Waals surface area (Å²) in [4.78, 5) is 18.6. The number of piperidine rings is 1. The number of amides is 1. The van der Waals surface area contributed by atoms with E-state index in [0.29, 0.717) is 29.8 Å². The molecule has 1 saturated heterocycles. The minimum Gasteiger partial charge on any atom is -0.444 e. The number of carbonyl (C=O) groups excluding carboxylic acids is 1. The zero-order valence-corrected chi connectivity index (χ0v) is 17.5. The summed E-state index contributed by atoms with van der Waals surface area (Å²) in [6.07, 6.45) is 2.11. The van der Waals surface area contributed by atoms with Crippen LogP contribution in [0.1, 0.15) is 52.8 Å². The van der Waals surface area contributed by atoms with Crippen LogP contribution in [0.3, 0.4) is 0 Å². The van der Waals surface area contributed by atoms with Crippen LogP contribution in [0.2, 0.25) is 5.02 Å². The molecular weight excluding hydrogens is 378 g/mol. The molecule has 7 heteroatoms. The number of benzene rings is 1. The number of hydrogen-bond acceptors (Lipinski definition) is 5. The highest BCUT2D eigenvalue weighted by Gasteiger charge is 2.26. The van der Waals surface area contributed by atoms with Gasteiger partial charge in [-0.1, -0.05) is 35.3 Å². The van der Waals surface area contributed by atoms with E-state index in [0.717, 1.165) is 30.4 Å². The van der Waals surface area contributed by atoms with Crippen molar-refractivity contribution in [2.45, 2.75) is 52.6 Å². The van der Waals surface area contributed by atoms with Crippen molar-refractivity contribution in [1.82, 2.24) is 15.0 Å². The standard InChI is InChI=1S/C21H26ClN3O3/c1-5-17(14-9-11-25(12-10-14)20(26)27-21(2,3)4)18-23-19(28-24-18)15-7-6-8-16(22)13-15/h6-8,13H,5,9-12H2,1-4H3. The number of rotatable bonds is 3. The van der Waals surface area contributed by atoms with Crippen LogP contribution in [0.5, 0.6) is 0 Å². The number of allylic oxidation sites excluding steroid dienone is 1. The van der Waals surface area contributed by atoms with Crippen LogP contribution in [-0.4, -0.2) is 39.8 Å². The molecule has 0 spiro atoms. The maximum atomic E-state index is 12.3. The van der Waals surface area contributed by atoms with Crippen molar-refractivity contribution in [3.8, 4) is 11.5 Å². The molecule has 28 heavy (non-hydrogen) atoms. The Morgan fingerprint density at radius 1 is 1.29 bits per heavy atom. The first-order chi connectivity index (χ1) is 13.3. The fraction of sp³-hybridized carbons (Fsp3) is 0.476. The van der Waals surface area contributed by atoms with Crippen molar-refractivity contribution < 1.29 is 14.1 Å². The third-order valence-electron chi connectivity index (χ3n) is 4.57. The lowest BCUT2D eigenvalue weighted by molar-refractivity contribution is 0.0236. The van der Waals surface area contributed by atoms with E-state index in [4.69, 9.17) is 20.9 Å². The first-order valence-electron chi connectivity index (χ1n) is 9.55. The van der Waals surface area contributed by atoms with Crippen LogP contribution < -0.4 is 0 Å². The van der Waals surface area contributed by atoms with Gasteiger partial charge in [0.15, 0.2) is 5.82 Å². The number of aromatic nitrogens is 2. The molecule has 0 aliphatic carbocycles. The van der Waals surface area contributed by atoms with E-state index < -0.39 is 5.60 Å². The van der Waals surface area contributed by atoms with Crippen molar-refractivity contribution in [3.63, 3.8) is 0 Å². The lowest BCUT2D eigenvalue weighted by atomic mass is 9.96. The quantitative estimate of drug-likeness (QED) is 0.668. The molecule has 2 heterocycles. The summed E-state index contributed by atoms with van der Waals surface area (Å²) in [7, 11) is 0. The van der Waals surface area contributed by atoms with Gasteiger partial charge in [-0.15, -0.1) is 0 Å². The van der Waals surface area contributed by atoms with Crippen molar-refractivity contribution in [2.24, 2.45) is 0 Å². The van der Waals surface area contributed by atoms with E-state index in [1.165, 1.54) is 5.57 Å². The average Bonchev–Trinajstić information content (AvgIpc) is 3.11. The van der Waals surface area contributed by atoms with E-state index in [9.17, 15) is 4.79 Å². The lowest BCUT2D eigenvalue weighted by Gasteiger charge is -2.31. The highest BCUT2D eigenvalue weighted by atomic mass is 35.5. The van der Waals surface area contributed by atoms with Gasteiger partial charge in [-0.3, -0.25) is 0 Å². The molecule has 150 valence electrons. The summed E-state index contributed by atoms with van der Waals surface area (Å²) < 4.78 is 10.9. The number of halogens is 1. The Bertz CT molecular complexity index is 873. The molecule has 0 saturated carbocycles. The van der Waals surface area contributed by atoms with Crippen molar-refractivity contribution >= 4 is 23.3 Å². The Labute approximate surface area is 170 Å². The number of likely N-dealkylation sites (tertiary alicyclic amines) is 1. The zero-order chi connectivity index (χ0) is 20.3. The molecular formula is C21H26ClN3O3. The molecule has 0 atom stereocenters. The largest absolute Gasteiger partial charge is 0.444 e. The van der Waals surface area contributed by atoms with Crippen molar-refractivity contribution in [2.75, 3.05) is 13.1 Å². The van der Waals surface area contributed by atoms with Gasteiger partial charge < -0.3 is 14.2 Å². The summed E-state index contributed by atoms with van der Waals surface area (Å²) in [6, 6.07) is 7.35. The number of hydrogen-bond donors (Lipinski definition) is 0. The second-order valence-electron chi connectivity index (χ2n) is 7.84. The normalized spacial score (nSPS) is 14.9. The maximum Gasteiger partial charge on any atom is 0.410 e. The predicted molar refractivity (Wildman–Crippen MR) is 109 cm³/mol. The van der Waals surface area contributed by atoms with Crippen molar-refractivity contribution in [1.29, 1.82) is 0 Å². The second-order valence-corrected chi connectivity index (χ2v) is 8.27. The molecule has 0 N–H and O–H groups in total. The molecule has 1 aromatic heterocycles. The van der Waals surface area contributed by atoms with E-state index in [-0.39, 0.29) is 6.09 Å². The van der Waals surface area contributed by atoms with Crippen LogP contribution in [0.4, 0.5) is 4.79 Å². The first kappa shape index (κ1) is 20.4. The van der Waals surface area contributed by atoms with Gasteiger partial charge >= 0.3 is 6.09 Å². The molecule has 1 amide bonds.